The zero-order valence-corrected chi connectivity index (χ0v) is 12.2. The molecule has 0 radical (unpaired) electrons. The number of carbonyl (C=O) groups excluding carboxylic acids is 2. The molecule has 4 heteroatoms. The average Bonchev–Trinajstić information content (AvgIpc) is 2.36. The first-order valence-electron chi connectivity index (χ1n) is 5.26. The summed E-state index contributed by atoms with van der Waals surface area (Å²) in [6, 6.07) is 3.54. The first-order chi connectivity index (χ1) is 8.58. The molecule has 3 rings (SSSR count). The summed E-state index contributed by atoms with van der Waals surface area (Å²) in [6.07, 6.45) is 6.91. The van der Waals surface area contributed by atoms with Crippen LogP contribution in [-0.2, 0) is 0 Å². The average molecular weight is 366 g/mol. The number of hydrogen-bond donors (Lipinski definition) is 0. The van der Waals surface area contributed by atoms with Crippen LogP contribution < -0.4 is 10.4 Å². The number of allylic oxidation sites excluding steroid dienone is 4. The molecular weight excluding hydrogens is 360 g/mol. The van der Waals surface area contributed by atoms with E-state index in [1.54, 1.807) is 18.2 Å². The minimum atomic E-state index is -0.0717. The lowest BCUT2D eigenvalue weighted by Gasteiger charge is -2.11. The molecule has 0 bridgehead atoms. The van der Waals surface area contributed by atoms with Crippen molar-refractivity contribution in [2.75, 3.05) is 0 Å². The van der Waals surface area contributed by atoms with Gasteiger partial charge in [0.1, 0.15) is 0 Å². The number of carbonyl (C=O) groups is 2. The molecule has 0 heterocycles. The van der Waals surface area contributed by atoms with E-state index < -0.39 is 0 Å². The topological polar surface area (TPSA) is 34.1 Å². The van der Waals surface area contributed by atoms with Gasteiger partial charge in [-0.1, -0.05) is 12.2 Å². The number of ketones is 2. The number of Topliss-reactive ketones (excluding diaryl/α,β-unsaturated/α-hetero) is 1. The lowest BCUT2D eigenvalue weighted by molar-refractivity contribution is 0.103. The van der Waals surface area contributed by atoms with E-state index in [0.29, 0.717) is 20.1 Å². The molecule has 2 aliphatic carbocycles. The lowest BCUT2D eigenvalue weighted by Crippen LogP contribution is -2.28. The number of benzene rings is 1. The third kappa shape index (κ3) is 1.68. The third-order valence-electron chi connectivity index (χ3n) is 2.95. The molecule has 88 valence electrons. The molecule has 0 amide bonds. The molecule has 1 aromatic rings. The second-order valence-electron chi connectivity index (χ2n) is 4.05. The Morgan fingerprint density at radius 1 is 0.944 bits per heavy atom. The number of fused-ring (bicyclic) bond motifs is 2. The minimum Gasteiger partial charge on any atom is -0.289 e. The van der Waals surface area contributed by atoms with E-state index in [4.69, 9.17) is 0 Å². The summed E-state index contributed by atoms with van der Waals surface area (Å²) < 4.78 is 1.20. The minimum absolute atomic E-state index is 0.0270. The van der Waals surface area contributed by atoms with Crippen LogP contribution in [0.3, 0.4) is 0 Å². The SMILES string of the molecule is O=C1C=CC=c2cc3c(cc21)=CC(Br)=C(Br)C3=O. The van der Waals surface area contributed by atoms with Gasteiger partial charge in [0.25, 0.3) is 0 Å². The van der Waals surface area contributed by atoms with E-state index >= 15 is 0 Å². The summed E-state index contributed by atoms with van der Waals surface area (Å²) in [4.78, 5) is 23.9. The molecular formula is C14H6Br2O2. The third-order valence-corrected chi connectivity index (χ3v) is 4.89. The van der Waals surface area contributed by atoms with Crippen molar-refractivity contribution in [1.82, 2.24) is 0 Å². The van der Waals surface area contributed by atoms with Crippen LogP contribution in [0, 0.1) is 0 Å². The maximum absolute atomic E-state index is 12.1. The molecule has 2 nitrogen and oxygen atoms in total. The van der Waals surface area contributed by atoms with Crippen molar-refractivity contribution in [2.24, 2.45) is 0 Å². The quantitative estimate of drug-likeness (QED) is 0.706. The highest BCUT2D eigenvalue weighted by Gasteiger charge is 2.20. The van der Waals surface area contributed by atoms with E-state index in [9.17, 15) is 9.59 Å². The Hall–Kier alpha value is -1.26. The summed E-state index contributed by atoms with van der Waals surface area (Å²) >= 11 is 6.58. The standard InChI is InChI=1S/C14H6Br2O2/c15-11-6-8-5-9-7(2-1-3-12(9)17)4-10(8)14(18)13(11)16/h1-6H. The highest BCUT2D eigenvalue weighted by molar-refractivity contribution is 9.14. The largest absolute Gasteiger partial charge is 0.289 e. The van der Waals surface area contributed by atoms with Gasteiger partial charge in [0.05, 0.1) is 4.48 Å². The smallest absolute Gasteiger partial charge is 0.201 e. The second-order valence-corrected chi connectivity index (χ2v) is 5.70. The van der Waals surface area contributed by atoms with Gasteiger partial charge in [-0.3, -0.25) is 9.59 Å². The first kappa shape index (κ1) is 11.8. The van der Waals surface area contributed by atoms with Crippen LogP contribution in [0.1, 0.15) is 20.7 Å². The summed E-state index contributed by atoms with van der Waals surface area (Å²) in [5, 5.41) is 1.56. The molecule has 0 aliphatic heterocycles. The Balaban J connectivity index is 2.40. The molecule has 0 aromatic heterocycles. The van der Waals surface area contributed by atoms with Crippen LogP contribution in [0.15, 0.2) is 33.2 Å². The maximum Gasteiger partial charge on any atom is 0.201 e. The second kappa shape index (κ2) is 4.14. The monoisotopic (exact) mass is 364 g/mol. The van der Waals surface area contributed by atoms with Crippen LogP contribution >= 0.6 is 31.9 Å². The normalized spacial score (nSPS) is 17.0. The Kier molecular flexibility index (Phi) is 2.72. The van der Waals surface area contributed by atoms with E-state index in [1.165, 1.54) is 6.08 Å². The zero-order valence-electron chi connectivity index (χ0n) is 9.04. The van der Waals surface area contributed by atoms with Crippen molar-refractivity contribution < 1.29 is 9.59 Å². The molecule has 18 heavy (non-hydrogen) atoms. The number of hydrogen-bond acceptors (Lipinski definition) is 2. The van der Waals surface area contributed by atoms with Gasteiger partial charge in [-0.15, -0.1) is 0 Å². The van der Waals surface area contributed by atoms with E-state index in [1.807, 2.05) is 12.2 Å². The van der Waals surface area contributed by atoms with Gasteiger partial charge >= 0.3 is 0 Å². The highest BCUT2D eigenvalue weighted by atomic mass is 79.9. The predicted octanol–water partition coefficient (Wildman–Crippen LogP) is 2.20. The summed E-state index contributed by atoms with van der Waals surface area (Å²) in [7, 11) is 0. The first-order valence-corrected chi connectivity index (χ1v) is 6.85. The Bertz CT molecular complexity index is 783. The zero-order chi connectivity index (χ0) is 12.9. The van der Waals surface area contributed by atoms with Crippen LogP contribution in [0.25, 0.3) is 12.2 Å². The van der Waals surface area contributed by atoms with Crippen molar-refractivity contribution >= 4 is 55.6 Å². The molecule has 0 N–H and O–H groups in total. The van der Waals surface area contributed by atoms with Crippen molar-refractivity contribution in [3.63, 3.8) is 0 Å². The molecule has 0 saturated carbocycles. The Morgan fingerprint density at radius 2 is 1.67 bits per heavy atom. The Morgan fingerprint density at radius 3 is 2.44 bits per heavy atom. The van der Waals surface area contributed by atoms with Crippen LogP contribution in [0.4, 0.5) is 0 Å². The number of halogens is 2. The molecule has 2 aliphatic rings. The van der Waals surface area contributed by atoms with Gasteiger partial charge in [0.15, 0.2) is 5.78 Å². The molecule has 0 saturated heterocycles. The molecule has 0 spiro atoms. The molecule has 0 atom stereocenters. The molecule has 0 unspecified atom stereocenters. The molecule has 1 aromatic carbocycles. The van der Waals surface area contributed by atoms with Gasteiger partial charge in [-0.05, 0) is 66.6 Å². The van der Waals surface area contributed by atoms with Crippen LogP contribution in [0.5, 0.6) is 0 Å². The maximum atomic E-state index is 12.1. The van der Waals surface area contributed by atoms with Gasteiger partial charge < -0.3 is 0 Å². The summed E-state index contributed by atoms with van der Waals surface area (Å²) in [5.41, 5.74) is 1.25. The Labute approximate surface area is 120 Å². The van der Waals surface area contributed by atoms with E-state index in [-0.39, 0.29) is 11.6 Å². The van der Waals surface area contributed by atoms with Crippen molar-refractivity contribution in [3.8, 4) is 0 Å². The van der Waals surface area contributed by atoms with Crippen LogP contribution in [-0.4, -0.2) is 11.6 Å². The summed E-state index contributed by atoms with van der Waals surface area (Å²) in [6.45, 7) is 0. The predicted molar refractivity (Wildman–Crippen MR) is 77.3 cm³/mol. The lowest BCUT2D eigenvalue weighted by atomic mass is 9.95. The fourth-order valence-electron chi connectivity index (χ4n) is 2.06. The van der Waals surface area contributed by atoms with Gasteiger partial charge in [0, 0.05) is 15.6 Å². The van der Waals surface area contributed by atoms with Crippen LogP contribution in [0.2, 0.25) is 0 Å². The fourth-order valence-corrected chi connectivity index (χ4v) is 2.81. The van der Waals surface area contributed by atoms with Crippen molar-refractivity contribution in [1.29, 1.82) is 0 Å². The fraction of sp³-hybridized carbons (Fsp3) is 0. The van der Waals surface area contributed by atoms with Gasteiger partial charge in [-0.2, -0.15) is 0 Å². The van der Waals surface area contributed by atoms with E-state index in [0.717, 1.165) is 10.4 Å². The highest BCUT2D eigenvalue weighted by Crippen LogP contribution is 2.25. The van der Waals surface area contributed by atoms with Gasteiger partial charge in [-0.25, -0.2) is 0 Å². The summed E-state index contributed by atoms with van der Waals surface area (Å²) in [5.74, 6) is -0.0986. The number of rotatable bonds is 0. The van der Waals surface area contributed by atoms with Gasteiger partial charge in [0.2, 0.25) is 5.78 Å². The van der Waals surface area contributed by atoms with E-state index in [2.05, 4.69) is 31.9 Å². The van der Waals surface area contributed by atoms with Crippen molar-refractivity contribution in [2.45, 2.75) is 0 Å². The molecule has 0 fully saturated rings. The van der Waals surface area contributed by atoms with Crippen molar-refractivity contribution in [3.05, 3.63) is 54.8 Å².